The van der Waals surface area contributed by atoms with Crippen LogP contribution >= 0.6 is 46.0 Å². The van der Waals surface area contributed by atoms with Crippen LogP contribution in [0.5, 0.6) is 0 Å². The van der Waals surface area contributed by atoms with Crippen molar-refractivity contribution in [3.63, 3.8) is 0 Å². The molecule has 1 atom stereocenters. The third-order valence-corrected chi connectivity index (χ3v) is 7.14. The summed E-state index contributed by atoms with van der Waals surface area (Å²) in [5.74, 6) is 0.129. The average Bonchev–Trinajstić information content (AvgIpc) is 3.40. The number of aromatic nitrogens is 2. The Morgan fingerprint density at radius 1 is 1.30 bits per heavy atom. The monoisotopic (exact) mass is 435 g/mol. The SMILES string of the molecule is Nc1nnc(SCC(=O)N2N=C(c3ccccc3Cl)CC2c2cccs2)s1. The van der Waals surface area contributed by atoms with Crippen molar-refractivity contribution < 1.29 is 4.79 Å². The maximum atomic E-state index is 12.9. The predicted octanol–water partition coefficient (Wildman–Crippen LogP) is 4.31. The van der Waals surface area contributed by atoms with Gasteiger partial charge in [0.15, 0.2) is 4.34 Å². The minimum Gasteiger partial charge on any atom is -0.374 e. The van der Waals surface area contributed by atoms with Gasteiger partial charge in [0.25, 0.3) is 5.91 Å². The van der Waals surface area contributed by atoms with Crippen molar-refractivity contribution in [3.05, 3.63) is 57.2 Å². The second-order valence-electron chi connectivity index (χ2n) is 5.70. The number of hydrogen-bond acceptors (Lipinski definition) is 8. The summed E-state index contributed by atoms with van der Waals surface area (Å²) >= 11 is 10.5. The molecular formula is C17H14ClN5OS3. The zero-order chi connectivity index (χ0) is 18.8. The normalized spacial score (nSPS) is 16.6. The number of thiophene rings is 1. The van der Waals surface area contributed by atoms with Crippen LogP contribution < -0.4 is 5.73 Å². The number of amides is 1. The van der Waals surface area contributed by atoms with Crippen LogP contribution in [0.15, 0.2) is 51.2 Å². The first-order valence-electron chi connectivity index (χ1n) is 8.01. The molecule has 0 saturated carbocycles. The lowest BCUT2D eigenvalue weighted by Crippen LogP contribution is -2.28. The van der Waals surface area contributed by atoms with Gasteiger partial charge in [0, 0.05) is 21.9 Å². The first-order valence-corrected chi connectivity index (χ1v) is 11.1. The maximum absolute atomic E-state index is 12.9. The predicted molar refractivity (Wildman–Crippen MR) is 112 cm³/mol. The van der Waals surface area contributed by atoms with E-state index in [2.05, 4.69) is 15.3 Å². The molecule has 0 aliphatic carbocycles. The molecular weight excluding hydrogens is 422 g/mol. The molecule has 10 heteroatoms. The lowest BCUT2D eigenvalue weighted by atomic mass is 10.0. The van der Waals surface area contributed by atoms with Crippen LogP contribution in [0.2, 0.25) is 5.02 Å². The van der Waals surface area contributed by atoms with Crippen LogP contribution in [0, 0.1) is 0 Å². The van der Waals surface area contributed by atoms with Crippen LogP contribution in [-0.2, 0) is 4.79 Å². The first-order chi connectivity index (χ1) is 13.1. The minimum absolute atomic E-state index is 0.0887. The largest absolute Gasteiger partial charge is 0.374 e. The van der Waals surface area contributed by atoms with E-state index in [4.69, 9.17) is 17.3 Å². The Balaban J connectivity index is 1.58. The highest BCUT2D eigenvalue weighted by Crippen LogP contribution is 2.37. The van der Waals surface area contributed by atoms with E-state index in [0.29, 0.717) is 20.9 Å². The number of halogens is 1. The fourth-order valence-corrected chi connectivity index (χ4v) is 5.31. The quantitative estimate of drug-likeness (QED) is 0.604. The fraction of sp³-hybridized carbons (Fsp3) is 0.176. The molecule has 1 unspecified atom stereocenters. The Morgan fingerprint density at radius 3 is 2.85 bits per heavy atom. The van der Waals surface area contributed by atoms with Gasteiger partial charge in [0.2, 0.25) is 5.13 Å². The van der Waals surface area contributed by atoms with Crippen molar-refractivity contribution in [2.45, 2.75) is 16.8 Å². The summed E-state index contributed by atoms with van der Waals surface area (Å²) < 4.78 is 0.669. The number of hydrogen-bond donors (Lipinski definition) is 1. The molecule has 1 amide bonds. The van der Waals surface area contributed by atoms with Gasteiger partial charge in [0.1, 0.15) is 0 Å². The van der Waals surface area contributed by atoms with E-state index in [0.717, 1.165) is 16.2 Å². The van der Waals surface area contributed by atoms with Crippen molar-refractivity contribution >= 4 is 62.8 Å². The van der Waals surface area contributed by atoms with Crippen LogP contribution in [0.1, 0.15) is 22.9 Å². The van der Waals surface area contributed by atoms with Crippen molar-refractivity contribution in [3.8, 4) is 0 Å². The summed E-state index contributed by atoms with van der Waals surface area (Å²) in [6, 6.07) is 11.5. The van der Waals surface area contributed by atoms with E-state index in [1.54, 1.807) is 16.3 Å². The average molecular weight is 436 g/mol. The van der Waals surface area contributed by atoms with Gasteiger partial charge in [-0.2, -0.15) is 5.10 Å². The zero-order valence-electron chi connectivity index (χ0n) is 13.9. The number of nitrogens with two attached hydrogens (primary N) is 1. The molecule has 0 spiro atoms. The Kier molecular flexibility index (Phi) is 5.44. The minimum atomic E-state index is -0.121. The molecule has 27 heavy (non-hydrogen) atoms. The lowest BCUT2D eigenvalue weighted by Gasteiger charge is -2.20. The molecule has 3 heterocycles. The number of anilines is 1. The van der Waals surface area contributed by atoms with Crippen LogP contribution in [0.4, 0.5) is 5.13 Å². The first kappa shape index (κ1) is 18.4. The van der Waals surface area contributed by atoms with Gasteiger partial charge in [-0.1, -0.05) is 59.0 Å². The third-order valence-electron chi connectivity index (χ3n) is 3.96. The van der Waals surface area contributed by atoms with Gasteiger partial charge in [-0.25, -0.2) is 5.01 Å². The van der Waals surface area contributed by atoms with Crippen molar-refractivity contribution in [1.29, 1.82) is 0 Å². The summed E-state index contributed by atoms with van der Waals surface area (Å²) in [5.41, 5.74) is 7.27. The lowest BCUT2D eigenvalue weighted by molar-refractivity contribution is -0.130. The number of carbonyl (C=O) groups excluding carboxylic acids is 1. The van der Waals surface area contributed by atoms with Crippen molar-refractivity contribution in [1.82, 2.24) is 15.2 Å². The van der Waals surface area contributed by atoms with E-state index in [1.807, 2.05) is 41.8 Å². The van der Waals surface area contributed by atoms with E-state index in [9.17, 15) is 4.79 Å². The molecule has 0 fully saturated rings. The standard InChI is InChI=1S/C17H14ClN5OS3/c18-11-5-2-1-4-10(11)12-8-13(14-6-3-7-25-14)23(22-12)15(24)9-26-17-21-20-16(19)27-17/h1-7,13H,8-9H2,(H2,19,20). The summed E-state index contributed by atoms with van der Waals surface area (Å²) in [6.07, 6.45) is 0.631. The second kappa shape index (κ2) is 7.97. The van der Waals surface area contributed by atoms with Crippen LogP contribution in [0.25, 0.3) is 0 Å². The van der Waals surface area contributed by atoms with Gasteiger partial charge >= 0.3 is 0 Å². The fourth-order valence-electron chi connectivity index (χ4n) is 2.77. The van der Waals surface area contributed by atoms with E-state index in [-0.39, 0.29) is 17.7 Å². The number of nitrogen functional groups attached to an aromatic ring is 1. The Hall–Kier alpha value is -1.94. The Labute approximate surface area is 173 Å². The van der Waals surface area contributed by atoms with Gasteiger partial charge < -0.3 is 5.73 Å². The highest BCUT2D eigenvalue weighted by molar-refractivity contribution is 8.01. The molecule has 1 aliphatic rings. The molecule has 6 nitrogen and oxygen atoms in total. The maximum Gasteiger partial charge on any atom is 0.253 e. The molecule has 0 saturated heterocycles. The molecule has 0 radical (unpaired) electrons. The van der Waals surface area contributed by atoms with Gasteiger partial charge in [0.05, 0.1) is 17.5 Å². The number of thioether (sulfide) groups is 1. The Bertz CT molecular complexity index is 988. The van der Waals surface area contributed by atoms with E-state index >= 15 is 0 Å². The topological polar surface area (TPSA) is 84.5 Å². The zero-order valence-corrected chi connectivity index (χ0v) is 17.1. The van der Waals surface area contributed by atoms with Crippen molar-refractivity contribution in [2.75, 3.05) is 11.5 Å². The van der Waals surface area contributed by atoms with Crippen molar-refractivity contribution in [2.24, 2.45) is 5.10 Å². The summed E-state index contributed by atoms with van der Waals surface area (Å²) in [5, 5.41) is 16.9. The highest BCUT2D eigenvalue weighted by atomic mass is 35.5. The summed E-state index contributed by atoms with van der Waals surface area (Å²) in [4.78, 5) is 14.0. The molecule has 1 aliphatic heterocycles. The van der Waals surface area contributed by atoms with E-state index in [1.165, 1.54) is 23.1 Å². The van der Waals surface area contributed by atoms with Crippen LogP contribution in [0.3, 0.4) is 0 Å². The number of carbonyl (C=O) groups is 1. The third kappa shape index (κ3) is 4.01. The van der Waals surface area contributed by atoms with Crippen LogP contribution in [-0.4, -0.2) is 32.6 Å². The highest BCUT2D eigenvalue weighted by Gasteiger charge is 2.34. The second-order valence-corrected chi connectivity index (χ2v) is 9.31. The molecule has 0 bridgehead atoms. The van der Waals surface area contributed by atoms with E-state index < -0.39 is 0 Å². The molecule has 1 aromatic carbocycles. The summed E-state index contributed by atoms with van der Waals surface area (Å²) in [6.45, 7) is 0. The molecule has 4 rings (SSSR count). The number of nitrogens with zero attached hydrogens (tertiary/aromatic N) is 4. The van der Waals surface area contributed by atoms with Gasteiger partial charge in [-0.15, -0.1) is 21.5 Å². The number of rotatable bonds is 5. The smallest absolute Gasteiger partial charge is 0.253 e. The molecule has 138 valence electrons. The van der Waals surface area contributed by atoms with Gasteiger partial charge in [-0.3, -0.25) is 4.79 Å². The summed E-state index contributed by atoms with van der Waals surface area (Å²) in [7, 11) is 0. The molecule has 2 N–H and O–H groups in total. The Morgan fingerprint density at radius 2 is 2.15 bits per heavy atom. The number of hydrazone groups is 1. The number of benzene rings is 1. The molecule has 2 aromatic heterocycles. The molecule has 3 aromatic rings. The van der Waals surface area contributed by atoms with Gasteiger partial charge in [-0.05, 0) is 17.5 Å².